The molecule has 8 nitrogen and oxygen atoms in total. The van der Waals surface area contributed by atoms with E-state index in [-0.39, 0.29) is 6.03 Å². The zero-order valence-corrected chi connectivity index (χ0v) is 14.9. The van der Waals surface area contributed by atoms with Crippen molar-refractivity contribution in [3.8, 4) is 5.82 Å². The van der Waals surface area contributed by atoms with Gasteiger partial charge in [0.2, 0.25) is 0 Å². The summed E-state index contributed by atoms with van der Waals surface area (Å²) in [7, 11) is 0. The van der Waals surface area contributed by atoms with Crippen LogP contribution in [0.1, 0.15) is 5.56 Å². The monoisotopic (exact) mass is 371 g/mol. The summed E-state index contributed by atoms with van der Waals surface area (Å²) in [5.41, 5.74) is 1.60. The van der Waals surface area contributed by atoms with E-state index < -0.39 is 0 Å². The van der Waals surface area contributed by atoms with E-state index in [9.17, 15) is 4.79 Å². The molecule has 0 fully saturated rings. The van der Waals surface area contributed by atoms with Crippen molar-refractivity contribution >= 4 is 29.1 Å². The number of carbonyl (C=O) groups is 1. The molecule has 1 aromatic carbocycles. The fourth-order valence-corrected chi connectivity index (χ4v) is 2.34. The predicted molar refractivity (Wildman–Crippen MR) is 101 cm³/mol. The highest BCUT2D eigenvalue weighted by molar-refractivity contribution is 6.31. The molecular formula is C17H18ClN7O. The number of amides is 2. The molecule has 0 radical (unpaired) electrons. The number of halogens is 1. The third-order valence-electron chi connectivity index (χ3n) is 3.54. The number of nitrogens with zero attached hydrogens (tertiary/aromatic N) is 4. The standard InChI is InChI=1S/C17H18ClN7O/c1-12-3-4-13(11-14(12)18)22-17(26)20-9-8-19-15-5-6-16(24-23-15)25-10-2-7-21-25/h2-7,10-11H,8-9H2,1H3,(H,19,23)(H2,20,22,26). The highest BCUT2D eigenvalue weighted by Crippen LogP contribution is 2.19. The summed E-state index contributed by atoms with van der Waals surface area (Å²) in [5.74, 6) is 1.25. The molecule has 2 aromatic heterocycles. The van der Waals surface area contributed by atoms with Gasteiger partial charge in [0, 0.05) is 36.2 Å². The Kier molecular flexibility index (Phi) is 5.65. The van der Waals surface area contributed by atoms with Gasteiger partial charge in [-0.25, -0.2) is 9.48 Å². The Morgan fingerprint density at radius 2 is 2.08 bits per heavy atom. The number of hydrogen-bond acceptors (Lipinski definition) is 5. The number of aryl methyl sites for hydroxylation is 1. The molecule has 0 spiro atoms. The van der Waals surface area contributed by atoms with Crippen LogP contribution in [0.15, 0.2) is 48.8 Å². The van der Waals surface area contributed by atoms with Gasteiger partial charge >= 0.3 is 6.03 Å². The van der Waals surface area contributed by atoms with E-state index in [2.05, 4.69) is 31.2 Å². The van der Waals surface area contributed by atoms with Crippen LogP contribution >= 0.6 is 11.6 Å². The van der Waals surface area contributed by atoms with Gasteiger partial charge < -0.3 is 16.0 Å². The number of anilines is 2. The molecule has 9 heteroatoms. The van der Waals surface area contributed by atoms with E-state index in [0.29, 0.717) is 35.4 Å². The van der Waals surface area contributed by atoms with Crippen LogP contribution in [0.2, 0.25) is 5.02 Å². The Balaban J connectivity index is 1.40. The van der Waals surface area contributed by atoms with Crippen LogP contribution in [-0.4, -0.2) is 39.1 Å². The fraction of sp³-hybridized carbons (Fsp3) is 0.176. The summed E-state index contributed by atoms with van der Waals surface area (Å²) < 4.78 is 1.63. The Bertz CT molecular complexity index is 865. The van der Waals surface area contributed by atoms with Crippen molar-refractivity contribution in [2.24, 2.45) is 0 Å². The van der Waals surface area contributed by atoms with Crippen LogP contribution < -0.4 is 16.0 Å². The van der Waals surface area contributed by atoms with Gasteiger partial charge in [0.1, 0.15) is 5.82 Å². The Morgan fingerprint density at radius 3 is 2.77 bits per heavy atom. The molecule has 3 rings (SSSR count). The van der Waals surface area contributed by atoms with Gasteiger partial charge in [-0.2, -0.15) is 5.10 Å². The maximum atomic E-state index is 11.9. The molecule has 0 bridgehead atoms. The van der Waals surface area contributed by atoms with Crippen LogP contribution in [-0.2, 0) is 0 Å². The van der Waals surface area contributed by atoms with E-state index in [4.69, 9.17) is 11.6 Å². The van der Waals surface area contributed by atoms with Crippen LogP contribution in [0.5, 0.6) is 0 Å². The van der Waals surface area contributed by atoms with Crippen LogP contribution in [0.25, 0.3) is 5.82 Å². The van der Waals surface area contributed by atoms with E-state index >= 15 is 0 Å². The maximum absolute atomic E-state index is 11.9. The molecule has 26 heavy (non-hydrogen) atoms. The smallest absolute Gasteiger partial charge is 0.319 e. The summed E-state index contributed by atoms with van der Waals surface area (Å²) >= 11 is 6.04. The molecule has 0 atom stereocenters. The second-order valence-corrected chi connectivity index (χ2v) is 5.91. The minimum Gasteiger partial charge on any atom is -0.367 e. The summed E-state index contributed by atoms with van der Waals surface area (Å²) in [5, 5.41) is 21.4. The minimum absolute atomic E-state index is 0.299. The molecule has 0 saturated heterocycles. The molecule has 2 heterocycles. The molecule has 2 amide bonds. The number of rotatable bonds is 6. The maximum Gasteiger partial charge on any atom is 0.319 e. The highest BCUT2D eigenvalue weighted by atomic mass is 35.5. The topological polar surface area (TPSA) is 96.8 Å². The highest BCUT2D eigenvalue weighted by Gasteiger charge is 2.04. The molecule has 0 unspecified atom stereocenters. The first-order valence-electron chi connectivity index (χ1n) is 8.00. The third-order valence-corrected chi connectivity index (χ3v) is 3.94. The van der Waals surface area contributed by atoms with Crippen molar-refractivity contribution in [2.75, 3.05) is 23.7 Å². The summed E-state index contributed by atoms with van der Waals surface area (Å²) in [6.07, 6.45) is 3.47. The van der Waals surface area contributed by atoms with Gasteiger partial charge in [0.25, 0.3) is 0 Å². The van der Waals surface area contributed by atoms with Crippen LogP contribution in [0.3, 0.4) is 0 Å². The Morgan fingerprint density at radius 1 is 1.19 bits per heavy atom. The summed E-state index contributed by atoms with van der Waals surface area (Å²) in [4.78, 5) is 11.9. The van der Waals surface area contributed by atoms with Gasteiger partial charge in [0.15, 0.2) is 5.82 Å². The van der Waals surface area contributed by atoms with Crippen LogP contribution in [0, 0.1) is 6.92 Å². The van der Waals surface area contributed by atoms with Crippen LogP contribution in [0.4, 0.5) is 16.3 Å². The quantitative estimate of drug-likeness (QED) is 0.579. The largest absolute Gasteiger partial charge is 0.367 e. The van der Waals surface area contributed by atoms with E-state index in [1.807, 2.05) is 25.1 Å². The first kappa shape index (κ1) is 17.7. The Hall–Kier alpha value is -3.13. The van der Waals surface area contributed by atoms with E-state index in [1.165, 1.54) is 0 Å². The average molecular weight is 372 g/mol. The van der Waals surface area contributed by atoms with Gasteiger partial charge in [-0.15, -0.1) is 10.2 Å². The number of hydrogen-bond donors (Lipinski definition) is 3. The van der Waals surface area contributed by atoms with Crippen molar-refractivity contribution < 1.29 is 4.79 Å². The third kappa shape index (κ3) is 4.70. The van der Waals surface area contributed by atoms with Gasteiger partial charge in [0.05, 0.1) is 0 Å². The number of aromatic nitrogens is 4. The number of benzene rings is 1. The lowest BCUT2D eigenvalue weighted by Crippen LogP contribution is -2.32. The van der Waals surface area contributed by atoms with Gasteiger partial charge in [-0.1, -0.05) is 17.7 Å². The SMILES string of the molecule is Cc1ccc(NC(=O)NCCNc2ccc(-n3cccn3)nn2)cc1Cl. The van der Waals surface area contributed by atoms with Gasteiger partial charge in [-0.3, -0.25) is 0 Å². The molecule has 0 aliphatic heterocycles. The number of urea groups is 1. The van der Waals surface area contributed by atoms with Gasteiger partial charge in [-0.05, 0) is 42.8 Å². The van der Waals surface area contributed by atoms with Crippen molar-refractivity contribution in [3.05, 3.63) is 59.4 Å². The predicted octanol–water partition coefficient (Wildman–Crippen LogP) is 2.86. The molecule has 134 valence electrons. The number of carbonyl (C=O) groups excluding carboxylic acids is 1. The molecular weight excluding hydrogens is 354 g/mol. The van der Waals surface area contributed by atoms with Crippen molar-refractivity contribution in [1.82, 2.24) is 25.3 Å². The van der Waals surface area contributed by atoms with E-state index in [0.717, 1.165) is 5.56 Å². The molecule has 0 saturated carbocycles. The number of nitrogens with one attached hydrogen (secondary N) is 3. The average Bonchev–Trinajstić information content (AvgIpc) is 3.17. The molecule has 0 aliphatic rings. The normalized spacial score (nSPS) is 10.4. The molecule has 3 N–H and O–H groups in total. The summed E-state index contributed by atoms with van der Waals surface area (Å²) in [6.45, 7) is 2.84. The van der Waals surface area contributed by atoms with E-state index in [1.54, 1.807) is 35.3 Å². The van der Waals surface area contributed by atoms with Crippen molar-refractivity contribution in [2.45, 2.75) is 6.92 Å². The second kappa shape index (κ2) is 8.30. The first-order valence-corrected chi connectivity index (χ1v) is 8.38. The zero-order valence-electron chi connectivity index (χ0n) is 14.1. The first-order chi connectivity index (χ1) is 12.6. The summed E-state index contributed by atoms with van der Waals surface area (Å²) in [6, 6.07) is 10.5. The molecule has 3 aromatic rings. The zero-order chi connectivity index (χ0) is 18.4. The Labute approximate surface area is 155 Å². The van der Waals surface area contributed by atoms with Crippen molar-refractivity contribution in [1.29, 1.82) is 0 Å². The molecule has 0 aliphatic carbocycles. The lowest BCUT2D eigenvalue weighted by atomic mass is 10.2. The lowest BCUT2D eigenvalue weighted by molar-refractivity contribution is 0.252. The lowest BCUT2D eigenvalue weighted by Gasteiger charge is -2.09. The second-order valence-electron chi connectivity index (χ2n) is 5.50. The fourth-order valence-electron chi connectivity index (χ4n) is 2.16. The minimum atomic E-state index is -0.299. The van der Waals surface area contributed by atoms with Crippen molar-refractivity contribution in [3.63, 3.8) is 0 Å².